The number of hydrogen-bond donors (Lipinski definition) is 2. The van der Waals surface area contributed by atoms with Gasteiger partial charge in [-0.05, 0) is 24.2 Å². The SMILES string of the molecule is CC1CC(NCC2CNC2)C1C. The smallest absolute Gasteiger partial charge is 0.00980 e. The van der Waals surface area contributed by atoms with E-state index >= 15 is 0 Å². The molecular weight excluding hydrogens is 148 g/mol. The van der Waals surface area contributed by atoms with Gasteiger partial charge in [0.2, 0.25) is 0 Å². The fourth-order valence-corrected chi connectivity index (χ4v) is 2.11. The molecule has 2 fully saturated rings. The van der Waals surface area contributed by atoms with Crippen LogP contribution in [0.5, 0.6) is 0 Å². The van der Waals surface area contributed by atoms with Crippen molar-refractivity contribution in [3.63, 3.8) is 0 Å². The summed E-state index contributed by atoms with van der Waals surface area (Å²) in [6, 6.07) is 0.820. The van der Waals surface area contributed by atoms with Crippen LogP contribution in [0.1, 0.15) is 20.3 Å². The monoisotopic (exact) mass is 168 g/mol. The van der Waals surface area contributed by atoms with Gasteiger partial charge in [0, 0.05) is 25.7 Å². The lowest BCUT2D eigenvalue weighted by Gasteiger charge is -2.43. The first-order chi connectivity index (χ1) is 5.77. The van der Waals surface area contributed by atoms with E-state index < -0.39 is 0 Å². The van der Waals surface area contributed by atoms with Crippen molar-refractivity contribution in [2.75, 3.05) is 19.6 Å². The fraction of sp³-hybridized carbons (Fsp3) is 1.00. The number of nitrogens with one attached hydrogen (secondary N) is 2. The Balaban J connectivity index is 1.61. The first-order valence-electron chi connectivity index (χ1n) is 5.21. The topological polar surface area (TPSA) is 24.1 Å². The molecule has 2 heteroatoms. The summed E-state index contributed by atoms with van der Waals surface area (Å²) in [4.78, 5) is 0. The molecule has 0 aromatic heterocycles. The second kappa shape index (κ2) is 3.35. The van der Waals surface area contributed by atoms with Crippen LogP contribution >= 0.6 is 0 Å². The van der Waals surface area contributed by atoms with Crippen LogP contribution < -0.4 is 10.6 Å². The fourth-order valence-electron chi connectivity index (χ4n) is 2.11. The van der Waals surface area contributed by atoms with Gasteiger partial charge in [0.25, 0.3) is 0 Å². The number of hydrogen-bond acceptors (Lipinski definition) is 2. The Morgan fingerprint density at radius 2 is 2.08 bits per heavy atom. The molecule has 1 heterocycles. The summed E-state index contributed by atoms with van der Waals surface area (Å²) in [5, 5.41) is 6.96. The maximum absolute atomic E-state index is 3.66. The average molecular weight is 168 g/mol. The van der Waals surface area contributed by atoms with E-state index in [1.807, 2.05) is 0 Å². The van der Waals surface area contributed by atoms with Crippen LogP contribution in [-0.4, -0.2) is 25.7 Å². The summed E-state index contributed by atoms with van der Waals surface area (Å²) in [7, 11) is 0. The van der Waals surface area contributed by atoms with Crippen molar-refractivity contribution in [3.8, 4) is 0 Å². The third-order valence-electron chi connectivity index (χ3n) is 3.69. The van der Waals surface area contributed by atoms with E-state index in [2.05, 4.69) is 24.5 Å². The highest BCUT2D eigenvalue weighted by molar-refractivity contribution is 4.90. The molecule has 3 unspecified atom stereocenters. The molecule has 0 spiro atoms. The quantitative estimate of drug-likeness (QED) is 0.652. The lowest BCUT2D eigenvalue weighted by molar-refractivity contribution is 0.128. The van der Waals surface area contributed by atoms with Crippen LogP contribution in [0.2, 0.25) is 0 Å². The molecule has 70 valence electrons. The van der Waals surface area contributed by atoms with Crippen molar-refractivity contribution in [1.29, 1.82) is 0 Å². The van der Waals surface area contributed by atoms with Gasteiger partial charge in [0.1, 0.15) is 0 Å². The minimum atomic E-state index is 0.820. The standard InChI is InChI=1S/C10H20N2/c1-7-3-10(8(7)2)12-6-9-4-11-5-9/h7-12H,3-6H2,1-2H3. The Morgan fingerprint density at radius 1 is 1.33 bits per heavy atom. The Hall–Kier alpha value is -0.0800. The molecule has 1 aliphatic carbocycles. The summed E-state index contributed by atoms with van der Waals surface area (Å²) in [6.07, 6.45) is 1.39. The van der Waals surface area contributed by atoms with Crippen molar-refractivity contribution in [3.05, 3.63) is 0 Å². The molecule has 0 aromatic rings. The van der Waals surface area contributed by atoms with E-state index in [0.717, 1.165) is 23.8 Å². The predicted octanol–water partition coefficient (Wildman–Crippen LogP) is 0.840. The molecule has 1 aliphatic heterocycles. The molecule has 12 heavy (non-hydrogen) atoms. The summed E-state index contributed by atoms with van der Waals surface area (Å²) in [6.45, 7) is 8.40. The van der Waals surface area contributed by atoms with Crippen LogP contribution in [0, 0.1) is 17.8 Å². The average Bonchev–Trinajstić information content (AvgIpc) is 1.99. The Bertz CT molecular complexity index is 154. The maximum atomic E-state index is 3.66. The van der Waals surface area contributed by atoms with Gasteiger partial charge in [-0.2, -0.15) is 0 Å². The van der Waals surface area contributed by atoms with E-state index in [1.54, 1.807) is 0 Å². The first-order valence-corrected chi connectivity index (χ1v) is 5.21. The molecule has 2 aliphatic rings. The van der Waals surface area contributed by atoms with Gasteiger partial charge in [-0.3, -0.25) is 0 Å². The molecule has 2 N–H and O–H groups in total. The van der Waals surface area contributed by atoms with Crippen molar-refractivity contribution in [1.82, 2.24) is 10.6 Å². The summed E-state index contributed by atoms with van der Waals surface area (Å²) in [5.41, 5.74) is 0. The molecule has 0 amide bonds. The summed E-state index contributed by atoms with van der Waals surface area (Å²) in [5.74, 6) is 2.76. The molecule has 2 nitrogen and oxygen atoms in total. The minimum absolute atomic E-state index is 0.820. The minimum Gasteiger partial charge on any atom is -0.316 e. The van der Waals surface area contributed by atoms with Crippen LogP contribution in [0.4, 0.5) is 0 Å². The first kappa shape index (κ1) is 8.52. The maximum Gasteiger partial charge on any atom is 0.00980 e. The van der Waals surface area contributed by atoms with Gasteiger partial charge >= 0.3 is 0 Å². The van der Waals surface area contributed by atoms with Crippen LogP contribution in [0.15, 0.2) is 0 Å². The highest BCUT2D eigenvalue weighted by Gasteiger charge is 2.34. The molecule has 0 bridgehead atoms. The third kappa shape index (κ3) is 1.50. The van der Waals surface area contributed by atoms with E-state index in [-0.39, 0.29) is 0 Å². The van der Waals surface area contributed by atoms with Crippen molar-refractivity contribution >= 4 is 0 Å². The lowest BCUT2D eigenvalue weighted by Crippen LogP contribution is -2.54. The predicted molar refractivity (Wildman–Crippen MR) is 51.1 cm³/mol. The van der Waals surface area contributed by atoms with Crippen molar-refractivity contribution < 1.29 is 0 Å². The molecule has 0 radical (unpaired) electrons. The van der Waals surface area contributed by atoms with E-state index in [0.29, 0.717) is 0 Å². The Labute approximate surface area is 75.1 Å². The zero-order chi connectivity index (χ0) is 8.55. The molecule has 2 rings (SSSR count). The molecule has 0 aromatic carbocycles. The molecular formula is C10H20N2. The third-order valence-corrected chi connectivity index (χ3v) is 3.69. The van der Waals surface area contributed by atoms with Crippen molar-refractivity contribution in [2.24, 2.45) is 17.8 Å². The lowest BCUT2D eigenvalue weighted by atomic mass is 9.71. The van der Waals surface area contributed by atoms with Gasteiger partial charge in [0.15, 0.2) is 0 Å². The van der Waals surface area contributed by atoms with E-state index in [4.69, 9.17) is 0 Å². The second-order valence-electron chi connectivity index (χ2n) is 4.61. The normalized spacial score (nSPS) is 42.0. The van der Waals surface area contributed by atoms with Gasteiger partial charge < -0.3 is 10.6 Å². The van der Waals surface area contributed by atoms with Gasteiger partial charge in [-0.1, -0.05) is 13.8 Å². The second-order valence-corrected chi connectivity index (χ2v) is 4.61. The highest BCUT2D eigenvalue weighted by Crippen LogP contribution is 2.33. The van der Waals surface area contributed by atoms with Crippen LogP contribution in [0.25, 0.3) is 0 Å². The zero-order valence-electron chi connectivity index (χ0n) is 8.14. The molecule has 1 saturated heterocycles. The van der Waals surface area contributed by atoms with Gasteiger partial charge in [0.05, 0.1) is 0 Å². The molecule has 1 saturated carbocycles. The van der Waals surface area contributed by atoms with Crippen molar-refractivity contribution in [2.45, 2.75) is 26.3 Å². The van der Waals surface area contributed by atoms with Gasteiger partial charge in [-0.25, -0.2) is 0 Å². The summed E-state index contributed by atoms with van der Waals surface area (Å²) >= 11 is 0. The summed E-state index contributed by atoms with van der Waals surface area (Å²) < 4.78 is 0. The largest absolute Gasteiger partial charge is 0.316 e. The van der Waals surface area contributed by atoms with Crippen LogP contribution in [-0.2, 0) is 0 Å². The zero-order valence-corrected chi connectivity index (χ0v) is 8.14. The van der Waals surface area contributed by atoms with E-state index in [9.17, 15) is 0 Å². The van der Waals surface area contributed by atoms with E-state index in [1.165, 1.54) is 26.1 Å². The van der Waals surface area contributed by atoms with Crippen LogP contribution in [0.3, 0.4) is 0 Å². The Kier molecular flexibility index (Phi) is 2.37. The Morgan fingerprint density at radius 3 is 2.50 bits per heavy atom. The molecule has 3 atom stereocenters. The number of rotatable bonds is 3. The van der Waals surface area contributed by atoms with Gasteiger partial charge in [-0.15, -0.1) is 0 Å². The highest BCUT2D eigenvalue weighted by atomic mass is 15.0.